The molecule has 2 heterocycles. The molecule has 2 N–H and O–H groups in total. The minimum Gasteiger partial charge on any atom is -0.492 e. The van der Waals surface area contributed by atoms with Crippen LogP contribution in [0.1, 0.15) is 77.2 Å². The van der Waals surface area contributed by atoms with Crippen molar-refractivity contribution in [3.05, 3.63) is 36.0 Å². The van der Waals surface area contributed by atoms with Crippen LogP contribution in [-0.4, -0.2) is 42.7 Å². The molecule has 4 nitrogen and oxygen atoms in total. The van der Waals surface area contributed by atoms with Crippen molar-refractivity contribution in [1.82, 2.24) is 9.88 Å². The summed E-state index contributed by atoms with van der Waals surface area (Å²) < 4.78 is 5.75. The third kappa shape index (κ3) is 7.45. The summed E-state index contributed by atoms with van der Waals surface area (Å²) in [6, 6.07) is 8.39. The molecule has 178 valence electrons. The highest BCUT2D eigenvalue weighted by Crippen LogP contribution is 2.31. The summed E-state index contributed by atoms with van der Waals surface area (Å²) in [4.78, 5) is 7.30. The van der Waals surface area contributed by atoms with E-state index in [-0.39, 0.29) is 0 Å². The van der Waals surface area contributed by atoms with Gasteiger partial charge >= 0.3 is 0 Å². The minimum absolute atomic E-state index is 0.536. The molecule has 1 aromatic carbocycles. The second kappa shape index (κ2) is 13.8. The topological polar surface area (TPSA) is 51.4 Å². The lowest BCUT2D eigenvalue weighted by Crippen LogP contribution is -2.40. The van der Waals surface area contributed by atoms with E-state index in [1.54, 1.807) is 0 Å². The Morgan fingerprint density at radius 1 is 1.06 bits per heavy atom. The van der Waals surface area contributed by atoms with Crippen molar-refractivity contribution in [1.29, 1.82) is 0 Å². The number of ether oxygens (including phenoxy) is 1. The maximum atomic E-state index is 5.75. The lowest BCUT2D eigenvalue weighted by atomic mass is 9.80. The summed E-state index contributed by atoms with van der Waals surface area (Å²) in [7, 11) is 0. The summed E-state index contributed by atoms with van der Waals surface area (Å²) >= 11 is 0. The molecular weight excluding hydrogens is 394 g/mol. The largest absolute Gasteiger partial charge is 0.492 e. The van der Waals surface area contributed by atoms with Gasteiger partial charge in [-0.15, -0.1) is 0 Å². The third-order valence-corrected chi connectivity index (χ3v) is 7.29. The molecule has 0 spiro atoms. The van der Waals surface area contributed by atoms with E-state index in [0.29, 0.717) is 13.2 Å². The molecule has 0 radical (unpaired) electrons. The van der Waals surface area contributed by atoms with E-state index < -0.39 is 0 Å². The Hall–Kier alpha value is -1.65. The van der Waals surface area contributed by atoms with Gasteiger partial charge in [0.15, 0.2) is 0 Å². The molecule has 1 aromatic heterocycles. The van der Waals surface area contributed by atoms with Crippen LogP contribution in [0.3, 0.4) is 0 Å². The minimum atomic E-state index is 0.536. The molecule has 0 aliphatic carbocycles. The van der Waals surface area contributed by atoms with Gasteiger partial charge in [-0.3, -0.25) is 4.98 Å². The lowest BCUT2D eigenvalue weighted by Gasteiger charge is -2.38. The van der Waals surface area contributed by atoms with Gasteiger partial charge in [0.05, 0.1) is 5.52 Å². The standard InChI is InChI=1S/C28H45N3O/c1-3-5-6-7-8-18-31-19-15-24(23(4-2)22-31)10-9-11-25-14-17-30-28-13-12-26(21-27(25)28)32-20-16-29/h12-14,17,21,23-24H,3-11,15-16,18-20,22,29H2,1-2H3/t23-,24+/m0/s1. The lowest BCUT2D eigenvalue weighted by molar-refractivity contribution is 0.108. The quantitative estimate of drug-likeness (QED) is 0.355. The van der Waals surface area contributed by atoms with Crippen LogP contribution >= 0.6 is 0 Å². The van der Waals surface area contributed by atoms with Crippen LogP contribution in [0.5, 0.6) is 5.75 Å². The van der Waals surface area contributed by atoms with E-state index in [9.17, 15) is 0 Å². The smallest absolute Gasteiger partial charge is 0.120 e. The molecule has 32 heavy (non-hydrogen) atoms. The zero-order valence-corrected chi connectivity index (χ0v) is 20.5. The van der Waals surface area contributed by atoms with Crippen molar-refractivity contribution >= 4 is 10.9 Å². The summed E-state index contributed by atoms with van der Waals surface area (Å²) in [5.74, 6) is 2.64. The van der Waals surface area contributed by atoms with E-state index in [2.05, 4.69) is 41.9 Å². The molecule has 3 rings (SSSR count). The Balaban J connectivity index is 1.49. The molecule has 1 fully saturated rings. The highest BCUT2D eigenvalue weighted by Gasteiger charge is 2.27. The van der Waals surface area contributed by atoms with E-state index >= 15 is 0 Å². The van der Waals surface area contributed by atoms with E-state index in [4.69, 9.17) is 10.5 Å². The molecule has 2 atom stereocenters. The second-order valence-electron chi connectivity index (χ2n) is 9.61. The number of rotatable bonds is 14. The first-order valence-electron chi connectivity index (χ1n) is 13.2. The molecule has 1 saturated heterocycles. The van der Waals surface area contributed by atoms with E-state index in [1.807, 2.05) is 12.3 Å². The van der Waals surface area contributed by atoms with Gasteiger partial charge in [0.25, 0.3) is 0 Å². The average Bonchev–Trinajstić information content (AvgIpc) is 2.83. The number of unbranched alkanes of at least 4 members (excludes halogenated alkanes) is 4. The first-order chi connectivity index (χ1) is 15.7. The Labute approximate surface area is 195 Å². The van der Waals surface area contributed by atoms with Crippen LogP contribution in [-0.2, 0) is 6.42 Å². The van der Waals surface area contributed by atoms with Gasteiger partial charge in [-0.05, 0) is 86.9 Å². The van der Waals surface area contributed by atoms with Crippen molar-refractivity contribution < 1.29 is 4.74 Å². The summed E-state index contributed by atoms with van der Waals surface area (Å²) in [5.41, 5.74) is 8.04. The van der Waals surface area contributed by atoms with E-state index in [1.165, 1.54) is 88.4 Å². The Bertz CT molecular complexity index is 793. The van der Waals surface area contributed by atoms with Crippen molar-refractivity contribution in [3.63, 3.8) is 0 Å². The molecule has 2 aromatic rings. The fourth-order valence-electron chi connectivity index (χ4n) is 5.36. The van der Waals surface area contributed by atoms with Crippen molar-refractivity contribution in [3.8, 4) is 5.75 Å². The van der Waals surface area contributed by atoms with Gasteiger partial charge in [0.1, 0.15) is 12.4 Å². The fourth-order valence-corrected chi connectivity index (χ4v) is 5.36. The van der Waals surface area contributed by atoms with Gasteiger partial charge in [-0.1, -0.05) is 46.0 Å². The first-order valence-corrected chi connectivity index (χ1v) is 13.2. The van der Waals surface area contributed by atoms with Crippen molar-refractivity contribution in [2.45, 2.75) is 78.1 Å². The molecule has 1 aliphatic rings. The third-order valence-electron chi connectivity index (χ3n) is 7.29. The van der Waals surface area contributed by atoms with Gasteiger partial charge in [0.2, 0.25) is 0 Å². The summed E-state index contributed by atoms with van der Waals surface area (Å²) in [5, 5.41) is 1.23. The molecular formula is C28H45N3O. The average molecular weight is 440 g/mol. The number of hydrogen-bond acceptors (Lipinski definition) is 4. The molecule has 0 bridgehead atoms. The van der Waals surface area contributed by atoms with Gasteiger partial charge in [-0.2, -0.15) is 0 Å². The molecule has 0 saturated carbocycles. The number of likely N-dealkylation sites (tertiary alicyclic amines) is 1. The van der Waals surface area contributed by atoms with Crippen LogP contribution in [0.2, 0.25) is 0 Å². The summed E-state index contributed by atoms with van der Waals surface area (Å²) in [6.45, 7) is 9.70. The van der Waals surface area contributed by atoms with Gasteiger partial charge in [0, 0.05) is 24.7 Å². The van der Waals surface area contributed by atoms with Crippen LogP contribution in [0, 0.1) is 11.8 Å². The number of nitrogens with zero attached hydrogens (tertiary/aromatic N) is 2. The fraction of sp³-hybridized carbons (Fsp3) is 0.679. The molecule has 4 heteroatoms. The zero-order valence-electron chi connectivity index (χ0n) is 20.5. The van der Waals surface area contributed by atoms with Crippen molar-refractivity contribution in [2.75, 3.05) is 32.8 Å². The normalized spacial score (nSPS) is 19.5. The SMILES string of the molecule is CCCCCCCN1CC[C@@H](CCCc2ccnc3ccc(OCCN)cc23)[C@@H](CC)C1. The molecule has 0 unspecified atom stereocenters. The van der Waals surface area contributed by atoms with Crippen LogP contribution in [0.25, 0.3) is 10.9 Å². The van der Waals surface area contributed by atoms with Crippen LogP contribution < -0.4 is 10.5 Å². The van der Waals surface area contributed by atoms with Crippen LogP contribution in [0.4, 0.5) is 0 Å². The number of nitrogens with two attached hydrogens (primary N) is 1. The molecule has 0 amide bonds. The zero-order chi connectivity index (χ0) is 22.6. The highest BCUT2D eigenvalue weighted by atomic mass is 16.5. The Morgan fingerprint density at radius 2 is 1.94 bits per heavy atom. The van der Waals surface area contributed by atoms with E-state index in [0.717, 1.165) is 29.5 Å². The summed E-state index contributed by atoms with van der Waals surface area (Å²) in [6.07, 6.45) is 15.3. The monoisotopic (exact) mass is 439 g/mol. The molecule has 1 aliphatic heterocycles. The second-order valence-corrected chi connectivity index (χ2v) is 9.61. The number of hydrogen-bond donors (Lipinski definition) is 1. The van der Waals surface area contributed by atoms with Gasteiger partial charge in [-0.25, -0.2) is 0 Å². The Morgan fingerprint density at radius 3 is 2.75 bits per heavy atom. The number of piperidine rings is 1. The maximum Gasteiger partial charge on any atom is 0.120 e. The number of benzene rings is 1. The number of fused-ring (bicyclic) bond motifs is 1. The number of aryl methyl sites for hydroxylation is 1. The number of pyridine rings is 1. The Kier molecular flexibility index (Phi) is 10.8. The predicted molar refractivity (Wildman–Crippen MR) is 136 cm³/mol. The van der Waals surface area contributed by atoms with Crippen molar-refractivity contribution in [2.24, 2.45) is 17.6 Å². The predicted octanol–water partition coefficient (Wildman–Crippen LogP) is 6.21. The first kappa shape index (κ1) is 25.0. The highest BCUT2D eigenvalue weighted by molar-refractivity contribution is 5.83. The maximum absolute atomic E-state index is 5.75. The van der Waals surface area contributed by atoms with Gasteiger partial charge < -0.3 is 15.4 Å². The number of aromatic nitrogens is 1. The van der Waals surface area contributed by atoms with Crippen LogP contribution in [0.15, 0.2) is 30.5 Å².